The van der Waals surface area contributed by atoms with E-state index in [2.05, 4.69) is 5.32 Å². The van der Waals surface area contributed by atoms with Crippen LogP contribution in [-0.4, -0.2) is 24.7 Å². The summed E-state index contributed by atoms with van der Waals surface area (Å²) in [4.78, 5) is 23.9. The highest BCUT2D eigenvalue weighted by Crippen LogP contribution is 2.20. The van der Waals surface area contributed by atoms with Crippen molar-refractivity contribution in [2.24, 2.45) is 5.92 Å². The Morgan fingerprint density at radius 2 is 1.67 bits per heavy atom. The van der Waals surface area contributed by atoms with Crippen molar-refractivity contribution in [1.82, 2.24) is 5.32 Å². The number of ether oxygens (including phenoxy) is 2. The molecule has 0 unspecified atom stereocenters. The molecule has 1 saturated heterocycles. The van der Waals surface area contributed by atoms with E-state index in [0.717, 1.165) is 11.1 Å². The molecular formula is C19H19NO4. The van der Waals surface area contributed by atoms with E-state index >= 15 is 0 Å². The highest BCUT2D eigenvalue weighted by atomic mass is 16.6. The second kappa shape index (κ2) is 7.64. The van der Waals surface area contributed by atoms with Gasteiger partial charge in [-0.2, -0.15) is 0 Å². The van der Waals surface area contributed by atoms with Crippen molar-refractivity contribution in [3.05, 3.63) is 71.8 Å². The van der Waals surface area contributed by atoms with E-state index in [9.17, 15) is 9.59 Å². The highest BCUT2D eigenvalue weighted by Gasteiger charge is 2.38. The van der Waals surface area contributed by atoms with Crippen molar-refractivity contribution in [3.8, 4) is 0 Å². The average molecular weight is 325 g/mol. The fraction of sp³-hybridized carbons (Fsp3) is 0.263. The Bertz CT molecular complexity index is 687. The van der Waals surface area contributed by atoms with Crippen molar-refractivity contribution in [2.75, 3.05) is 6.61 Å². The van der Waals surface area contributed by atoms with Gasteiger partial charge in [-0.1, -0.05) is 60.7 Å². The Kier molecular flexibility index (Phi) is 5.11. The van der Waals surface area contributed by atoms with E-state index in [1.54, 1.807) is 0 Å². The molecule has 24 heavy (non-hydrogen) atoms. The van der Waals surface area contributed by atoms with Crippen LogP contribution in [0.15, 0.2) is 60.7 Å². The standard InChI is InChI=1S/C19H19NO4/c21-18-16(11-14-7-3-1-4-8-14)17(13-23-18)20-19(22)24-12-15-9-5-2-6-10-15/h1-10,16-17H,11-13H2,(H,20,22)/t16-,17+/m1/s1. The van der Waals surface area contributed by atoms with Crippen LogP contribution in [0.25, 0.3) is 0 Å². The predicted octanol–water partition coefficient (Wildman–Crippen LogP) is 2.70. The first-order valence-corrected chi connectivity index (χ1v) is 7.90. The van der Waals surface area contributed by atoms with Gasteiger partial charge in [-0.25, -0.2) is 4.79 Å². The number of carbonyl (C=O) groups is 2. The summed E-state index contributed by atoms with van der Waals surface area (Å²) in [5, 5.41) is 2.74. The van der Waals surface area contributed by atoms with Gasteiger partial charge < -0.3 is 14.8 Å². The first-order chi connectivity index (χ1) is 11.7. The van der Waals surface area contributed by atoms with Gasteiger partial charge in [0.15, 0.2) is 0 Å². The summed E-state index contributed by atoms with van der Waals surface area (Å²) in [6.07, 6.45) is -0.0104. The minimum absolute atomic E-state index is 0.177. The van der Waals surface area contributed by atoms with Gasteiger partial charge in [0.2, 0.25) is 0 Å². The first-order valence-electron chi connectivity index (χ1n) is 7.90. The lowest BCUT2D eigenvalue weighted by atomic mass is 9.94. The number of amides is 1. The number of carbonyl (C=O) groups excluding carboxylic acids is 2. The summed E-state index contributed by atoms with van der Waals surface area (Å²) in [6, 6.07) is 18.7. The highest BCUT2D eigenvalue weighted by molar-refractivity contribution is 5.77. The van der Waals surface area contributed by atoms with E-state index < -0.39 is 12.0 Å². The van der Waals surface area contributed by atoms with Crippen LogP contribution in [0.4, 0.5) is 4.79 Å². The summed E-state index contributed by atoms with van der Waals surface area (Å²) < 4.78 is 10.3. The Balaban J connectivity index is 1.55. The molecule has 1 amide bonds. The van der Waals surface area contributed by atoms with Gasteiger partial charge in [-0.05, 0) is 17.5 Å². The molecule has 3 rings (SSSR count). The first kappa shape index (κ1) is 16.1. The molecule has 1 aliphatic heterocycles. The Morgan fingerprint density at radius 3 is 2.33 bits per heavy atom. The number of hydrogen-bond donors (Lipinski definition) is 1. The molecule has 1 aliphatic rings. The van der Waals surface area contributed by atoms with Crippen molar-refractivity contribution < 1.29 is 19.1 Å². The summed E-state index contributed by atoms with van der Waals surface area (Å²) in [7, 11) is 0. The molecule has 0 bridgehead atoms. The zero-order valence-corrected chi connectivity index (χ0v) is 13.2. The fourth-order valence-corrected chi connectivity index (χ4v) is 2.71. The van der Waals surface area contributed by atoms with Crippen LogP contribution >= 0.6 is 0 Å². The maximum Gasteiger partial charge on any atom is 0.407 e. The van der Waals surface area contributed by atoms with Gasteiger partial charge >= 0.3 is 12.1 Å². The van der Waals surface area contributed by atoms with Crippen molar-refractivity contribution >= 4 is 12.1 Å². The third-order valence-electron chi connectivity index (χ3n) is 4.01. The zero-order chi connectivity index (χ0) is 16.8. The Morgan fingerprint density at radius 1 is 1.04 bits per heavy atom. The monoisotopic (exact) mass is 325 g/mol. The van der Waals surface area contributed by atoms with Gasteiger partial charge in [0, 0.05) is 0 Å². The molecule has 2 aromatic rings. The molecule has 5 heteroatoms. The fourth-order valence-electron chi connectivity index (χ4n) is 2.71. The summed E-state index contributed by atoms with van der Waals surface area (Å²) >= 11 is 0. The van der Waals surface area contributed by atoms with Crippen molar-refractivity contribution in [1.29, 1.82) is 0 Å². The lowest BCUT2D eigenvalue weighted by Crippen LogP contribution is -2.41. The minimum Gasteiger partial charge on any atom is -0.463 e. The molecule has 0 aromatic heterocycles. The molecule has 5 nitrogen and oxygen atoms in total. The smallest absolute Gasteiger partial charge is 0.407 e. The maximum atomic E-state index is 12.0. The van der Waals surface area contributed by atoms with Crippen molar-refractivity contribution in [2.45, 2.75) is 19.1 Å². The second-order valence-electron chi connectivity index (χ2n) is 5.74. The third kappa shape index (κ3) is 4.13. The van der Waals surface area contributed by atoms with Crippen LogP contribution in [0.2, 0.25) is 0 Å². The van der Waals surface area contributed by atoms with Crippen LogP contribution in [0.1, 0.15) is 11.1 Å². The van der Waals surface area contributed by atoms with E-state index in [0.29, 0.717) is 6.42 Å². The molecule has 1 N–H and O–H groups in total. The number of rotatable bonds is 5. The molecule has 1 heterocycles. The Labute approximate surface area is 140 Å². The van der Waals surface area contributed by atoms with Gasteiger partial charge in [-0.3, -0.25) is 4.79 Å². The van der Waals surface area contributed by atoms with E-state index in [1.807, 2.05) is 60.7 Å². The predicted molar refractivity (Wildman–Crippen MR) is 88.1 cm³/mol. The number of alkyl carbamates (subject to hydrolysis) is 1. The molecule has 0 spiro atoms. The van der Waals surface area contributed by atoms with Gasteiger partial charge in [-0.15, -0.1) is 0 Å². The molecule has 124 valence electrons. The molecule has 0 saturated carbocycles. The maximum absolute atomic E-state index is 12.0. The van der Waals surface area contributed by atoms with E-state index in [4.69, 9.17) is 9.47 Å². The average Bonchev–Trinajstić information content (AvgIpc) is 2.95. The number of esters is 1. The topological polar surface area (TPSA) is 64.6 Å². The van der Waals surface area contributed by atoms with Gasteiger partial charge in [0.05, 0.1) is 12.0 Å². The molecule has 0 radical (unpaired) electrons. The Hall–Kier alpha value is -2.82. The normalized spacial score (nSPS) is 19.6. The van der Waals surface area contributed by atoms with Crippen LogP contribution in [0, 0.1) is 5.92 Å². The van der Waals surface area contributed by atoms with Gasteiger partial charge in [0.25, 0.3) is 0 Å². The quantitative estimate of drug-likeness (QED) is 0.859. The lowest BCUT2D eigenvalue weighted by molar-refractivity contribution is -0.141. The van der Waals surface area contributed by atoms with Crippen LogP contribution in [0.5, 0.6) is 0 Å². The van der Waals surface area contributed by atoms with Crippen molar-refractivity contribution in [3.63, 3.8) is 0 Å². The lowest BCUT2D eigenvalue weighted by Gasteiger charge is -2.17. The number of cyclic esters (lactones) is 1. The van der Waals surface area contributed by atoms with E-state index in [-0.39, 0.29) is 25.2 Å². The summed E-state index contributed by atoms with van der Waals surface area (Å²) in [5.41, 5.74) is 1.94. The molecule has 2 aromatic carbocycles. The molecule has 0 aliphatic carbocycles. The van der Waals surface area contributed by atoms with Crippen LogP contribution < -0.4 is 5.32 Å². The second-order valence-corrected chi connectivity index (χ2v) is 5.74. The largest absolute Gasteiger partial charge is 0.463 e. The summed E-state index contributed by atoms with van der Waals surface area (Å²) in [5.74, 6) is -0.677. The number of nitrogens with one attached hydrogen (secondary N) is 1. The number of hydrogen-bond acceptors (Lipinski definition) is 4. The molecular weight excluding hydrogens is 306 g/mol. The van der Waals surface area contributed by atoms with Crippen LogP contribution in [0.3, 0.4) is 0 Å². The molecule has 1 fully saturated rings. The summed E-state index contributed by atoms with van der Waals surface area (Å²) in [6.45, 7) is 0.369. The van der Waals surface area contributed by atoms with E-state index in [1.165, 1.54) is 0 Å². The minimum atomic E-state index is -0.541. The van der Waals surface area contributed by atoms with Crippen LogP contribution in [-0.2, 0) is 27.3 Å². The number of benzene rings is 2. The molecule has 2 atom stereocenters. The van der Waals surface area contributed by atoms with Gasteiger partial charge in [0.1, 0.15) is 13.2 Å². The zero-order valence-electron chi connectivity index (χ0n) is 13.2. The SMILES string of the molecule is O=C(N[C@H]1COC(=O)[C@@H]1Cc1ccccc1)OCc1ccccc1. The third-order valence-corrected chi connectivity index (χ3v) is 4.01.